The van der Waals surface area contributed by atoms with E-state index in [0.29, 0.717) is 10.3 Å². The number of hydrogen-bond donors (Lipinski definition) is 0. The summed E-state index contributed by atoms with van der Waals surface area (Å²) in [6.45, 7) is 1.84. The lowest BCUT2D eigenvalue weighted by atomic mass is 10.5. The molecule has 1 heterocycles. The lowest BCUT2D eigenvalue weighted by Gasteiger charge is -2.11. The minimum absolute atomic E-state index is 0.0130. The molecule has 0 aliphatic carbocycles. The van der Waals surface area contributed by atoms with Gasteiger partial charge in [-0.05, 0) is 22.9 Å². The minimum Gasteiger partial charge on any atom is -0.463 e. The molecule has 0 atom stereocenters. The number of methoxy groups -OCH3 is 1. The van der Waals surface area contributed by atoms with Crippen LogP contribution in [0.15, 0.2) is 15.7 Å². The molecule has 0 saturated carbocycles. The molecule has 0 aliphatic rings. The molecule has 0 aromatic carbocycles. The SMILES string of the molecule is COC(=O)c1ncc(Br)c(N=C(C)N(C)C)n1. The zero-order valence-electron chi connectivity index (χ0n) is 10.1. The summed E-state index contributed by atoms with van der Waals surface area (Å²) in [7, 11) is 5.02. The summed E-state index contributed by atoms with van der Waals surface area (Å²) in [4.78, 5) is 25.3. The molecule has 1 aromatic heterocycles. The van der Waals surface area contributed by atoms with Gasteiger partial charge in [-0.1, -0.05) is 0 Å². The largest absolute Gasteiger partial charge is 0.463 e. The smallest absolute Gasteiger partial charge is 0.376 e. The van der Waals surface area contributed by atoms with Crippen LogP contribution >= 0.6 is 15.9 Å². The van der Waals surface area contributed by atoms with Crippen LogP contribution in [0.4, 0.5) is 5.82 Å². The number of halogens is 1. The highest BCUT2D eigenvalue weighted by atomic mass is 79.9. The van der Waals surface area contributed by atoms with Crippen LogP contribution in [0.3, 0.4) is 0 Å². The van der Waals surface area contributed by atoms with Crippen molar-refractivity contribution in [2.45, 2.75) is 6.92 Å². The highest BCUT2D eigenvalue weighted by Crippen LogP contribution is 2.22. The van der Waals surface area contributed by atoms with Crippen LogP contribution < -0.4 is 0 Å². The van der Waals surface area contributed by atoms with Crippen molar-refractivity contribution in [3.8, 4) is 0 Å². The number of aromatic nitrogens is 2. The van der Waals surface area contributed by atoms with Gasteiger partial charge in [0.2, 0.25) is 5.82 Å². The fourth-order valence-corrected chi connectivity index (χ4v) is 1.16. The summed E-state index contributed by atoms with van der Waals surface area (Å²) >= 11 is 3.28. The maximum absolute atomic E-state index is 11.3. The van der Waals surface area contributed by atoms with Crippen molar-refractivity contribution < 1.29 is 9.53 Å². The van der Waals surface area contributed by atoms with Crippen LogP contribution in [-0.2, 0) is 4.74 Å². The number of nitrogens with zero attached hydrogens (tertiary/aromatic N) is 4. The van der Waals surface area contributed by atoms with Crippen molar-refractivity contribution in [2.75, 3.05) is 21.2 Å². The monoisotopic (exact) mass is 300 g/mol. The summed E-state index contributed by atoms with van der Waals surface area (Å²) in [6, 6.07) is 0. The minimum atomic E-state index is -0.587. The second-order valence-corrected chi connectivity index (χ2v) is 4.26. The van der Waals surface area contributed by atoms with Crippen LogP contribution in [-0.4, -0.2) is 47.9 Å². The van der Waals surface area contributed by atoms with Gasteiger partial charge in [0.05, 0.1) is 11.6 Å². The second kappa shape index (κ2) is 5.72. The van der Waals surface area contributed by atoms with Crippen molar-refractivity contribution >= 4 is 33.6 Å². The summed E-state index contributed by atoms with van der Waals surface area (Å²) in [5.74, 6) is 0.560. The third-order valence-corrected chi connectivity index (χ3v) is 2.57. The zero-order chi connectivity index (χ0) is 13.0. The van der Waals surface area contributed by atoms with E-state index in [4.69, 9.17) is 0 Å². The van der Waals surface area contributed by atoms with Crippen LogP contribution in [0.1, 0.15) is 17.5 Å². The molecule has 0 N–H and O–H groups in total. The molecule has 0 unspecified atom stereocenters. The Labute approximate surface area is 108 Å². The van der Waals surface area contributed by atoms with E-state index in [9.17, 15) is 4.79 Å². The quantitative estimate of drug-likeness (QED) is 0.472. The average molecular weight is 301 g/mol. The predicted molar refractivity (Wildman–Crippen MR) is 67.5 cm³/mol. The van der Waals surface area contributed by atoms with Crippen molar-refractivity contribution in [2.24, 2.45) is 4.99 Å². The van der Waals surface area contributed by atoms with E-state index in [0.717, 1.165) is 5.84 Å². The van der Waals surface area contributed by atoms with Gasteiger partial charge >= 0.3 is 5.97 Å². The molecule has 0 radical (unpaired) electrons. The maximum atomic E-state index is 11.3. The first kappa shape index (κ1) is 13.6. The third kappa shape index (κ3) is 3.48. The molecule has 6 nitrogen and oxygen atoms in total. The molecule has 17 heavy (non-hydrogen) atoms. The van der Waals surface area contributed by atoms with Crippen LogP contribution in [0, 0.1) is 0 Å². The van der Waals surface area contributed by atoms with Gasteiger partial charge in [-0.25, -0.2) is 19.8 Å². The number of ether oxygens (including phenoxy) is 1. The van der Waals surface area contributed by atoms with Crippen LogP contribution in [0.25, 0.3) is 0 Å². The highest BCUT2D eigenvalue weighted by Gasteiger charge is 2.12. The summed E-state index contributed by atoms with van der Waals surface area (Å²) in [6.07, 6.45) is 1.47. The molecule has 1 rings (SSSR count). The van der Waals surface area contributed by atoms with E-state index in [1.807, 2.05) is 25.9 Å². The van der Waals surface area contributed by atoms with Crippen LogP contribution in [0.2, 0.25) is 0 Å². The lowest BCUT2D eigenvalue weighted by molar-refractivity contribution is 0.0586. The Morgan fingerprint density at radius 1 is 1.53 bits per heavy atom. The van der Waals surface area contributed by atoms with Crippen LogP contribution in [0.5, 0.6) is 0 Å². The number of esters is 1. The molecule has 1 aromatic rings. The van der Waals surface area contributed by atoms with E-state index < -0.39 is 5.97 Å². The molecule has 0 fully saturated rings. The van der Waals surface area contributed by atoms with Gasteiger partial charge in [0, 0.05) is 20.3 Å². The Kier molecular flexibility index (Phi) is 4.56. The summed E-state index contributed by atoms with van der Waals surface area (Å²) in [5, 5.41) is 0. The number of carbonyl (C=O) groups excluding carboxylic acids is 1. The first-order chi connectivity index (χ1) is 7.95. The maximum Gasteiger partial charge on any atom is 0.376 e. The first-order valence-corrected chi connectivity index (χ1v) is 5.58. The molecule has 0 bridgehead atoms. The van der Waals surface area contributed by atoms with Gasteiger partial charge < -0.3 is 9.64 Å². The second-order valence-electron chi connectivity index (χ2n) is 3.41. The highest BCUT2D eigenvalue weighted by molar-refractivity contribution is 9.10. The predicted octanol–water partition coefficient (Wildman–Crippen LogP) is 1.64. The molecular weight excluding hydrogens is 288 g/mol. The van der Waals surface area contributed by atoms with Gasteiger partial charge in [-0.15, -0.1) is 0 Å². The Balaban J connectivity index is 3.15. The molecule has 0 amide bonds. The number of aliphatic imine (C=N–C) groups is 1. The fraction of sp³-hybridized carbons (Fsp3) is 0.400. The molecule has 0 saturated heterocycles. The number of amidine groups is 1. The first-order valence-electron chi connectivity index (χ1n) is 4.79. The summed E-state index contributed by atoms with van der Waals surface area (Å²) < 4.78 is 5.16. The van der Waals surface area contributed by atoms with Gasteiger partial charge in [0.25, 0.3) is 0 Å². The van der Waals surface area contributed by atoms with E-state index in [1.165, 1.54) is 13.3 Å². The van der Waals surface area contributed by atoms with Gasteiger partial charge in [-0.3, -0.25) is 0 Å². The standard InChI is InChI=1S/C10H13BrN4O2/c1-6(15(2)3)13-8-7(11)5-12-9(14-8)10(16)17-4/h5H,1-4H3. The van der Waals surface area contributed by atoms with Gasteiger partial charge in [0.1, 0.15) is 5.84 Å². The van der Waals surface area contributed by atoms with Crippen molar-refractivity contribution in [3.05, 3.63) is 16.5 Å². The Morgan fingerprint density at radius 3 is 2.71 bits per heavy atom. The average Bonchev–Trinajstić information content (AvgIpc) is 2.30. The third-order valence-electron chi connectivity index (χ3n) is 2.01. The molecule has 7 heteroatoms. The number of rotatable bonds is 2. The van der Waals surface area contributed by atoms with E-state index in [2.05, 4.69) is 35.6 Å². The van der Waals surface area contributed by atoms with E-state index in [-0.39, 0.29) is 5.82 Å². The zero-order valence-corrected chi connectivity index (χ0v) is 11.6. The van der Waals surface area contributed by atoms with Crippen molar-refractivity contribution in [3.63, 3.8) is 0 Å². The molecule has 92 valence electrons. The van der Waals surface area contributed by atoms with E-state index >= 15 is 0 Å². The van der Waals surface area contributed by atoms with E-state index in [1.54, 1.807) is 0 Å². The number of hydrogen-bond acceptors (Lipinski definition) is 5. The lowest BCUT2D eigenvalue weighted by Crippen LogP contribution is -2.18. The van der Waals surface area contributed by atoms with Crippen molar-refractivity contribution in [1.29, 1.82) is 0 Å². The molecular formula is C10H13BrN4O2. The Hall–Kier alpha value is -1.50. The normalized spacial score (nSPS) is 11.2. The molecule has 0 spiro atoms. The Morgan fingerprint density at radius 2 is 2.18 bits per heavy atom. The van der Waals surface area contributed by atoms with Gasteiger partial charge in [-0.2, -0.15) is 0 Å². The Bertz CT molecular complexity index is 460. The van der Waals surface area contributed by atoms with Crippen molar-refractivity contribution in [1.82, 2.24) is 14.9 Å². The topological polar surface area (TPSA) is 67.7 Å². The van der Waals surface area contributed by atoms with Gasteiger partial charge in [0.15, 0.2) is 5.82 Å². The summed E-state index contributed by atoms with van der Waals surface area (Å²) in [5.41, 5.74) is 0. The fourth-order valence-electron chi connectivity index (χ4n) is 0.879. The molecule has 0 aliphatic heterocycles. The number of carbonyl (C=O) groups is 1.